The summed E-state index contributed by atoms with van der Waals surface area (Å²) in [6.45, 7) is 1.98. The van der Waals surface area contributed by atoms with Crippen LogP contribution >= 0.6 is 22.6 Å². The first kappa shape index (κ1) is 15.5. The highest BCUT2D eigenvalue weighted by Gasteiger charge is 2.36. The molecule has 1 aliphatic rings. The van der Waals surface area contributed by atoms with E-state index in [9.17, 15) is 13.2 Å². The minimum absolute atomic E-state index is 0.191. The van der Waals surface area contributed by atoms with Crippen molar-refractivity contribution in [3.63, 3.8) is 0 Å². The van der Waals surface area contributed by atoms with E-state index in [1.54, 1.807) is 0 Å². The maximum absolute atomic E-state index is 12.1. The van der Waals surface area contributed by atoms with Gasteiger partial charge in [0.1, 0.15) is 0 Å². The first-order valence-corrected chi connectivity index (χ1v) is 7.70. The van der Waals surface area contributed by atoms with Crippen molar-refractivity contribution in [1.82, 2.24) is 0 Å². The quantitative estimate of drug-likeness (QED) is 0.506. The van der Waals surface area contributed by atoms with Gasteiger partial charge in [0, 0.05) is 4.43 Å². The average Bonchev–Trinajstić information content (AvgIpc) is 2.28. The van der Waals surface area contributed by atoms with Crippen LogP contribution < -0.4 is 0 Å². The van der Waals surface area contributed by atoms with Crippen molar-refractivity contribution in [2.75, 3.05) is 11.0 Å². The standard InChI is InChI=1S/C12H20F3IO/c1-2-10-3-5-11(9-16,6-4-10)17-8-7-12(13,14)15/h10H,2-9H2,1H3. The Balaban J connectivity index is 2.37. The van der Waals surface area contributed by atoms with Gasteiger partial charge >= 0.3 is 6.18 Å². The van der Waals surface area contributed by atoms with Crippen molar-refractivity contribution in [2.45, 2.75) is 57.2 Å². The predicted molar refractivity (Wildman–Crippen MR) is 70.5 cm³/mol. The van der Waals surface area contributed by atoms with Crippen molar-refractivity contribution in [1.29, 1.82) is 0 Å². The van der Waals surface area contributed by atoms with Crippen molar-refractivity contribution < 1.29 is 17.9 Å². The summed E-state index contributed by atoms with van der Waals surface area (Å²) >= 11 is 2.23. The predicted octanol–water partition coefficient (Wildman–Crippen LogP) is 4.73. The van der Waals surface area contributed by atoms with Gasteiger partial charge in [0.15, 0.2) is 0 Å². The normalized spacial score (nSPS) is 30.5. The lowest BCUT2D eigenvalue weighted by Gasteiger charge is -2.39. The van der Waals surface area contributed by atoms with E-state index >= 15 is 0 Å². The third-order valence-corrected chi connectivity index (χ3v) is 5.02. The molecule has 0 atom stereocenters. The zero-order chi connectivity index (χ0) is 12.9. The van der Waals surface area contributed by atoms with Gasteiger partial charge in [-0.1, -0.05) is 35.9 Å². The summed E-state index contributed by atoms with van der Waals surface area (Å²) in [5.74, 6) is 0.734. The molecule has 0 aromatic rings. The number of rotatable bonds is 5. The van der Waals surface area contributed by atoms with Crippen LogP contribution in [0.1, 0.15) is 45.4 Å². The fourth-order valence-corrected chi connectivity index (χ4v) is 3.29. The lowest BCUT2D eigenvalue weighted by Crippen LogP contribution is -2.39. The smallest absolute Gasteiger partial charge is 0.374 e. The number of halogens is 4. The Labute approximate surface area is 115 Å². The molecule has 1 fully saturated rings. The first-order valence-electron chi connectivity index (χ1n) is 6.17. The maximum Gasteiger partial charge on any atom is 0.391 e. The number of hydrogen-bond donors (Lipinski definition) is 0. The summed E-state index contributed by atoms with van der Waals surface area (Å²) < 4.78 is 42.6. The minimum Gasteiger partial charge on any atom is -0.374 e. The first-order chi connectivity index (χ1) is 7.91. The largest absolute Gasteiger partial charge is 0.391 e. The lowest BCUT2D eigenvalue weighted by atomic mass is 9.79. The van der Waals surface area contributed by atoms with Gasteiger partial charge in [0.05, 0.1) is 18.6 Å². The highest BCUT2D eigenvalue weighted by molar-refractivity contribution is 14.1. The number of hydrogen-bond acceptors (Lipinski definition) is 1. The highest BCUT2D eigenvalue weighted by atomic mass is 127. The van der Waals surface area contributed by atoms with Crippen molar-refractivity contribution in [3.05, 3.63) is 0 Å². The van der Waals surface area contributed by atoms with E-state index in [1.165, 1.54) is 6.42 Å². The summed E-state index contributed by atoms with van der Waals surface area (Å²) in [7, 11) is 0. The molecule has 1 aliphatic carbocycles. The topological polar surface area (TPSA) is 9.23 Å². The van der Waals surface area contributed by atoms with Crippen molar-refractivity contribution >= 4 is 22.6 Å². The van der Waals surface area contributed by atoms with E-state index in [0.29, 0.717) is 0 Å². The molecule has 0 aliphatic heterocycles. The van der Waals surface area contributed by atoms with Crippen LogP contribution in [0.3, 0.4) is 0 Å². The Kier molecular flexibility index (Phi) is 6.02. The van der Waals surface area contributed by atoms with Gasteiger partial charge in [0.2, 0.25) is 0 Å². The Morgan fingerprint density at radius 2 is 1.88 bits per heavy atom. The van der Waals surface area contributed by atoms with E-state index in [2.05, 4.69) is 29.5 Å². The molecule has 102 valence electrons. The van der Waals surface area contributed by atoms with E-state index in [1.807, 2.05) is 0 Å². The molecular weight excluding hydrogens is 344 g/mol. The van der Waals surface area contributed by atoms with Crippen LogP contribution in [0.4, 0.5) is 13.2 Å². The van der Waals surface area contributed by atoms with Crippen molar-refractivity contribution in [2.24, 2.45) is 5.92 Å². The Hall–Kier alpha value is 0.480. The Morgan fingerprint density at radius 1 is 1.29 bits per heavy atom. The van der Waals surface area contributed by atoms with E-state index in [-0.39, 0.29) is 12.2 Å². The van der Waals surface area contributed by atoms with Gasteiger partial charge in [-0.25, -0.2) is 0 Å². The molecule has 0 amide bonds. The Morgan fingerprint density at radius 3 is 2.29 bits per heavy atom. The average molecular weight is 364 g/mol. The molecule has 0 N–H and O–H groups in total. The molecule has 0 bridgehead atoms. The van der Waals surface area contributed by atoms with Gasteiger partial charge in [0.25, 0.3) is 0 Å². The molecule has 1 rings (SSSR count). The second kappa shape index (κ2) is 6.59. The third kappa shape index (κ3) is 5.32. The molecular formula is C12H20F3IO. The molecule has 0 radical (unpaired) electrons. The molecule has 1 nitrogen and oxygen atoms in total. The van der Waals surface area contributed by atoms with E-state index < -0.39 is 12.6 Å². The van der Waals surface area contributed by atoms with Crippen LogP contribution in [0.15, 0.2) is 0 Å². The van der Waals surface area contributed by atoms with Crippen LogP contribution in [-0.2, 0) is 4.74 Å². The number of alkyl halides is 4. The lowest BCUT2D eigenvalue weighted by molar-refractivity contribution is -0.160. The van der Waals surface area contributed by atoms with Gasteiger partial charge in [-0.15, -0.1) is 0 Å². The molecule has 0 aromatic carbocycles. The van der Waals surface area contributed by atoms with E-state index in [4.69, 9.17) is 4.74 Å². The molecule has 0 spiro atoms. The minimum atomic E-state index is -4.10. The molecule has 1 saturated carbocycles. The monoisotopic (exact) mass is 364 g/mol. The third-order valence-electron chi connectivity index (χ3n) is 3.63. The van der Waals surface area contributed by atoms with Crippen LogP contribution in [0.5, 0.6) is 0 Å². The molecule has 5 heteroatoms. The fourth-order valence-electron chi connectivity index (χ4n) is 2.31. The second-order valence-corrected chi connectivity index (χ2v) is 5.64. The summed E-state index contributed by atoms with van der Waals surface area (Å²) in [6, 6.07) is 0. The van der Waals surface area contributed by atoms with Gasteiger partial charge < -0.3 is 4.74 Å². The van der Waals surface area contributed by atoms with E-state index in [0.717, 1.165) is 36.0 Å². The Bertz CT molecular complexity index is 222. The summed E-state index contributed by atoms with van der Waals surface area (Å²) in [5, 5.41) is 0. The zero-order valence-corrected chi connectivity index (χ0v) is 12.3. The number of ether oxygens (including phenoxy) is 1. The molecule has 0 unspecified atom stereocenters. The van der Waals surface area contributed by atoms with Crippen LogP contribution in [0.2, 0.25) is 0 Å². The van der Waals surface area contributed by atoms with Crippen LogP contribution in [0.25, 0.3) is 0 Å². The van der Waals surface area contributed by atoms with Crippen LogP contribution in [0, 0.1) is 5.92 Å². The molecule has 0 heterocycles. The zero-order valence-electron chi connectivity index (χ0n) is 10.2. The van der Waals surface area contributed by atoms with Gasteiger partial charge in [-0.05, 0) is 31.6 Å². The van der Waals surface area contributed by atoms with Crippen molar-refractivity contribution in [3.8, 4) is 0 Å². The summed E-state index contributed by atoms with van der Waals surface area (Å²) in [5.41, 5.74) is -0.294. The summed E-state index contributed by atoms with van der Waals surface area (Å²) in [6.07, 6.45) is 0.227. The van der Waals surface area contributed by atoms with Gasteiger partial charge in [-0.2, -0.15) is 13.2 Å². The summed E-state index contributed by atoms with van der Waals surface area (Å²) in [4.78, 5) is 0. The van der Waals surface area contributed by atoms with Gasteiger partial charge in [-0.3, -0.25) is 0 Å². The molecule has 0 saturated heterocycles. The fraction of sp³-hybridized carbons (Fsp3) is 1.00. The maximum atomic E-state index is 12.1. The SMILES string of the molecule is CCC1CCC(CI)(OCCC(F)(F)F)CC1. The highest BCUT2D eigenvalue weighted by Crippen LogP contribution is 2.38. The van der Waals surface area contributed by atoms with Crippen LogP contribution in [-0.4, -0.2) is 22.8 Å². The molecule has 17 heavy (non-hydrogen) atoms. The molecule has 0 aromatic heterocycles. The second-order valence-electron chi connectivity index (χ2n) is 4.88.